The van der Waals surface area contributed by atoms with E-state index in [4.69, 9.17) is 11.6 Å². The first-order chi connectivity index (χ1) is 15.1. The van der Waals surface area contributed by atoms with Crippen LogP contribution >= 0.6 is 11.6 Å². The lowest BCUT2D eigenvalue weighted by Gasteiger charge is -2.22. The maximum absolute atomic E-state index is 13.4. The summed E-state index contributed by atoms with van der Waals surface area (Å²) in [6, 6.07) is 9.92. The van der Waals surface area contributed by atoms with Crippen molar-refractivity contribution < 1.29 is 27.5 Å². The Morgan fingerprint density at radius 1 is 1.22 bits per heavy atom. The van der Waals surface area contributed by atoms with Crippen LogP contribution in [0.25, 0.3) is 0 Å². The van der Waals surface area contributed by atoms with E-state index < -0.39 is 33.3 Å². The minimum Gasteiger partial charge on any atom is -0.372 e. The number of amides is 2. The van der Waals surface area contributed by atoms with Crippen LogP contribution in [0.2, 0.25) is 5.02 Å². The Bertz CT molecular complexity index is 1150. The van der Waals surface area contributed by atoms with E-state index >= 15 is 0 Å². The number of sulfonamides is 1. The maximum Gasteiger partial charge on any atom is 0.268 e. The summed E-state index contributed by atoms with van der Waals surface area (Å²) in [4.78, 5) is 26.7. The summed E-state index contributed by atoms with van der Waals surface area (Å²) in [7, 11) is -3.40. The largest absolute Gasteiger partial charge is 0.372 e. The SMILES string of the molecule is O=C(NCc1cc(F)cc(Cl)c1)[C@]1(O)CCN(c2ccc(NS(=O)(=O)C3CC3)cc2)C1=O. The van der Waals surface area contributed by atoms with Gasteiger partial charge in [0.25, 0.3) is 11.8 Å². The average Bonchev–Trinajstić information content (AvgIpc) is 3.54. The molecule has 1 saturated heterocycles. The Kier molecular flexibility index (Phi) is 5.87. The summed E-state index contributed by atoms with van der Waals surface area (Å²) in [6.45, 7) is -0.0105. The van der Waals surface area contributed by atoms with E-state index in [1.165, 1.54) is 29.2 Å². The van der Waals surface area contributed by atoms with Crippen LogP contribution in [-0.4, -0.2) is 42.7 Å². The number of carbonyl (C=O) groups excluding carboxylic acids is 2. The molecular formula is C21H21ClFN3O5S. The fraction of sp³-hybridized carbons (Fsp3) is 0.333. The van der Waals surface area contributed by atoms with Gasteiger partial charge in [-0.1, -0.05) is 11.6 Å². The smallest absolute Gasteiger partial charge is 0.268 e. The molecule has 170 valence electrons. The monoisotopic (exact) mass is 481 g/mol. The van der Waals surface area contributed by atoms with Gasteiger partial charge in [0.05, 0.1) is 5.25 Å². The van der Waals surface area contributed by atoms with Crippen molar-refractivity contribution >= 4 is 44.8 Å². The van der Waals surface area contributed by atoms with Crippen molar-refractivity contribution in [1.82, 2.24) is 5.32 Å². The molecule has 32 heavy (non-hydrogen) atoms. The van der Waals surface area contributed by atoms with Crippen LogP contribution in [0, 0.1) is 5.82 Å². The molecule has 0 aromatic heterocycles. The first-order valence-corrected chi connectivity index (χ1v) is 11.9. The summed E-state index contributed by atoms with van der Waals surface area (Å²) in [5, 5.41) is 13.0. The number of benzene rings is 2. The molecule has 2 aromatic rings. The zero-order valence-corrected chi connectivity index (χ0v) is 18.4. The van der Waals surface area contributed by atoms with Crippen molar-refractivity contribution in [3.05, 3.63) is 58.9 Å². The zero-order chi connectivity index (χ0) is 23.1. The van der Waals surface area contributed by atoms with Crippen LogP contribution in [0.15, 0.2) is 42.5 Å². The third-order valence-electron chi connectivity index (χ3n) is 5.45. The van der Waals surface area contributed by atoms with Crippen LogP contribution in [-0.2, 0) is 26.2 Å². The molecular weight excluding hydrogens is 461 g/mol. The molecule has 0 spiro atoms. The minimum atomic E-state index is -3.40. The molecule has 2 aromatic carbocycles. The van der Waals surface area contributed by atoms with Gasteiger partial charge < -0.3 is 15.3 Å². The number of rotatable bonds is 7. The van der Waals surface area contributed by atoms with Crippen molar-refractivity contribution in [1.29, 1.82) is 0 Å². The van der Waals surface area contributed by atoms with E-state index in [0.29, 0.717) is 29.8 Å². The second kappa shape index (κ2) is 8.34. The highest BCUT2D eigenvalue weighted by Crippen LogP contribution is 2.32. The first kappa shape index (κ1) is 22.5. The number of nitrogens with zero attached hydrogens (tertiary/aromatic N) is 1. The number of halogens is 2. The standard InChI is InChI=1S/C21H21ClFN3O5S/c22-14-9-13(10-15(23)11-14)12-24-19(27)21(29)7-8-26(20(21)28)17-3-1-16(2-4-17)25-32(30,31)18-5-6-18/h1-4,9-11,18,25,29H,5-8,12H2,(H,24,27)/t21-/m1/s1. The number of carbonyl (C=O) groups is 2. The number of nitrogens with one attached hydrogen (secondary N) is 2. The number of aliphatic hydroxyl groups is 1. The van der Waals surface area contributed by atoms with Crippen molar-refractivity contribution in [2.75, 3.05) is 16.2 Å². The fourth-order valence-electron chi connectivity index (χ4n) is 3.54. The van der Waals surface area contributed by atoms with Gasteiger partial charge in [0.15, 0.2) is 0 Å². The van der Waals surface area contributed by atoms with Gasteiger partial charge in [-0.2, -0.15) is 0 Å². The third-order valence-corrected chi connectivity index (χ3v) is 7.54. The van der Waals surface area contributed by atoms with Crippen LogP contribution in [0.3, 0.4) is 0 Å². The molecule has 2 fully saturated rings. The van der Waals surface area contributed by atoms with E-state index in [9.17, 15) is 27.5 Å². The third kappa shape index (κ3) is 4.57. The van der Waals surface area contributed by atoms with Gasteiger partial charge in [0, 0.05) is 35.9 Å². The molecule has 1 atom stereocenters. The fourth-order valence-corrected chi connectivity index (χ4v) is 5.17. The Morgan fingerprint density at radius 3 is 2.53 bits per heavy atom. The summed E-state index contributed by atoms with van der Waals surface area (Å²) >= 11 is 5.79. The molecule has 1 aliphatic heterocycles. The summed E-state index contributed by atoms with van der Waals surface area (Å²) in [5.41, 5.74) is -1.08. The topological polar surface area (TPSA) is 116 Å². The predicted molar refractivity (Wildman–Crippen MR) is 117 cm³/mol. The molecule has 1 aliphatic carbocycles. The van der Waals surface area contributed by atoms with Crippen molar-refractivity contribution in [3.63, 3.8) is 0 Å². The molecule has 0 unspecified atom stereocenters. The number of anilines is 2. The van der Waals surface area contributed by atoms with Crippen LogP contribution in [0.4, 0.5) is 15.8 Å². The van der Waals surface area contributed by atoms with Crippen molar-refractivity contribution in [2.24, 2.45) is 0 Å². The molecule has 0 bridgehead atoms. The first-order valence-electron chi connectivity index (χ1n) is 9.98. The van der Waals surface area contributed by atoms with Crippen LogP contribution in [0.5, 0.6) is 0 Å². The Hall–Kier alpha value is -2.69. The predicted octanol–water partition coefficient (Wildman–Crippen LogP) is 2.17. The lowest BCUT2D eigenvalue weighted by molar-refractivity contribution is -0.149. The molecule has 2 amide bonds. The summed E-state index contributed by atoms with van der Waals surface area (Å²) < 4.78 is 40.0. The van der Waals surface area contributed by atoms with Crippen LogP contribution < -0.4 is 14.9 Å². The van der Waals surface area contributed by atoms with Crippen molar-refractivity contribution in [2.45, 2.75) is 36.7 Å². The molecule has 3 N–H and O–H groups in total. The minimum absolute atomic E-state index is 0.0989. The molecule has 4 rings (SSSR count). The summed E-state index contributed by atoms with van der Waals surface area (Å²) in [6.07, 6.45) is 1.16. The number of hydrogen-bond donors (Lipinski definition) is 3. The quantitative estimate of drug-likeness (QED) is 0.524. The van der Waals surface area contributed by atoms with Gasteiger partial charge in [-0.05, 0) is 60.9 Å². The summed E-state index contributed by atoms with van der Waals surface area (Å²) in [5.74, 6) is -2.25. The molecule has 8 nitrogen and oxygen atoms in total. The lowest BCUT2D eigenvalue weighted by atomic mass is 10.0. The Labute approximate surface area is 189 Å². The van der Waals surface area contributed by atoms with Crippen LogP contribution in [0.1, 0.15) is 24.8 Å². The van der Waals surface area contributed by atoms with Gasteiger partial charge in [-0.3, -0.25) is 14.3 Å². The lowest BCUT2D eigenvalue weighted by Crippen LogP contribution is -2.52. The molecule has 0 radical (unpaired) electrons. The maximum atomic E-state index is 13.4. The van der Waals surface area contributed by atoms with E-state index in [0.717, 1.165) is 6.07 Å². The highest BCUT2D eigenvalue weighted by molar-refractivity contribution is 7.93. The average molecular weight is 482 g/mol. The molecule has 1 saturated carbocycles. The molecule has 2 aliphatic rings. The van der Waals surface area contributed by atoms with Gasteiger partial charge in [-0.25, -0.2) is 12.8 Å². The van der Waals surface area contributed by atoms with Gasteiger partial charge in [0.2, 0.25) is 15.6 Å². The second-order valence-corrected chi connectivity index (χ2v) is 10.3. The number of hydrogen-bond acceptors (Lipinski definition) is 5. The zero-order valence-electron chi connectivity index (χ0n) is 16.8. The van der Waals surface area contributed by atoms with Gasteiger partial charge in [-0.15, -0.1) is 0 Å². The van der Waals surface area contributed by atoms with E-state index in [2.05, 4.69) is 10.0 Å². The molecule has 11 heteroatoms. The van der Waals surface area contributed by atoms with E-state index in [1.54, 1.807) is 12.1 Å². The second-order valence-electron chi connectivity index (χ2n) is 7.92. The van der Waals surface area contributed by atoms with Gasteiger partial charge in [0.1, 0.15) is 5.82 Å². The van der Waals surface area contributed by atoms with E-state index in [1.807, 2.05) is 0 Å². The Morgan fingerprint density at radius 2 is 1.91 bits per heavy atom. The van der Waals surface area contributed by atoms with E-state index in [-0.39, 0.29) is 29.8 Å². The normalized spacial score (nSPS) is 21.0. The highest BCUT2D eigenvalue weighted by atomic mass is 35.5. The van der Waals surface area contributed by atoms with Crippen molar-refractivity contribution in [3.8, 4) is 0 Å². The Balaban J connectivity index is 1.41. The highest BCUT2D eigenvalue weighted by Gasteiger charge is 2.51. The molecule has 1 heterocycles. The van der Waals surface area contributed by atoms with Gasteiger partial charge >= 0.3 is 0 Å².